The summed E-state index contributed by atoms with van der Waals surface area (Å²) in [6, 6.07) is 0. The van der Waals surface area contributed by atoms with E-state index in [2.05, 4.69) is 0 Å². The van der Waals surface area contributed by atoms with Crippen molar-refractivity contribution in [3.05, 3.63) is 0 Å². The molecule has 0 saturated heterocycles. The molecular weight excluding hydrogens is 282 g/mol. The zero-order valence-electron chi connectivity index (χ0n) is 13.5. The molecule has 0 heterocycles. The van der Waals surface area contributed by atoms with Gasteiger partial charge in [0.15, 0.2) is 0 Å². The van der Waals surface area contributed by atoms with E-state index in [9.17, 15) is 5.11 Å². The van der Waals surface area contributed by atoms with Crippen molar-refractivity contribution in [3.63, 3.8) is 0 Å². The zero-order chi connectivity index (χ0) is 15.6. The zero-order valence-corrected chi connectivity index (χ0v) is 13.5. The van der Waals surface area contributed by atoms with Crippen LogP contribution in [0.5, 0.6) is 0 Å². The van der Waals surface area contributed by atoms with Gasteiger partial charge in [0.1, 0.15) is 0 Å². The van der Waals surface area contributed by atoms with E-state index in [-0.39, 0.29) is 18.8 Å². The summed E-state index contributed by atoms with van der Waals surface area (Å²) in [5.74, 6) is 2.55. The summed E-state index contributed by atoms with van der Waals surface area (Å²) in [6.45, 7) is 1.88. The molecule has 4 aliphatic carbocycles. The van der Waals surface area contributed by atoms with Crippen LogP contribution in [0.25, 0.3) is 0 Å². The lowest BCUT2D eigenvalue weighted by Crippen LogP contribution is -2.53. The number of hydrogen-bond donors (Lipinski definition) is 3. The molecule has 0 aromatic rings. The molecule has 0 unspecified atom stereocenters. The molecule has 0 spiro atoms. The lowest BCUT2D eigenvalue weighted by atomic mass is 9.54. The number of aliphatic hydroxyl groups is 3. The van der Waals surface area contributed by atoms with Crippen LogP contribution in [0, 0.1) is 17.8 Å². The summed E-state index contributed by atoms with van der Waals surface area (Å²) in [5, 5.41) is 28.3. The van der Waals surface area contributed by atoms with Gasteiger partial charge in [0.25, 0.3) is 0 Å². The van der Waals surface area contributed by atoms with Crippen molar-refractivity contribution in [2.45, 2.75) is 50.2 Å². The Morgan fingerprint density at radius 2 is 1.45 bits per heavy atom. The average Bonchev–Trinajstić information content (AvgIpc) is 2.44. The highest BCUT2D eigenvalue weighted by Crippen LogP contribution is 2.57. The normalized spacial score (nSPS) is 37.9. The quantitative estimate of drug-likeness (QED) is 0.582. The summed E-state index contributed by atoms with van der Waals surface area (Å²) in [7, 11) is 0. The van der Waals surface area contributed by atoms with Crippen molar-refractivity contribution in [3.8, 4) is 0 Å². The van der Waals surface area contributed by atoms with Crippen LogP contribution in [0.3, 0.4) is 0 Å². The minimum absolute atomic E-state index is 0.0362. The number of hydrogen-bond acceptors (Lipinski definition) is 5. The minimum Gasteiger partial charge on any atom is -0.395 e. The van der Waals surface area contributed by atoms with Crippen molar-refractivity contribution >= 4 is 0 Å². The lowest BCUT2D eigenvalue weighted by molar-refractivity contribution is -0.176. The molecule has 0 radical (unpaired) electrons. The van der Waals surface area contributed by atoms with E-state index in [1.54, 1.807) is 0 Å². The second kappa shape index (κ2) is 7.14. The van der Waals surface area contributed by atoms with E-state index in [1.165, 1.54) is 38.5 Å². The number of rotatable bonds is 9. The van der Waals surface area contributed by atoms with Crippen LogP contribution >= 0.6 is 0 Å². The Hall–Kier alpha value is -0.200. The van der Waals surface area contributed by atoms with Crippen molar-refractivity contribution < 1.29 is 20.1 Å². The van der Waals surface area contributed by atoms with Crippen molar-refractivity contribution in [2.24, 2.45) is 17.8 Å². The van der Waals surface area contributed by atoms with Crippen LogP contribution in [0.4, 0.5) is 0 Å². The van der Waals surface area contributed by atoms with Gasteiger partial charge in [-0.3, -0.25) is 4.90 Å². The van der Waals surface area contributed by atoms with E-state index in [4.69, 9.17) is 14.9 Å². The molecule has 4 aliphatic rings. The molecule has 4 rings (SSSR count). The molecule has 0 amide bonds. The number of ether oxygens (including phenoxy) is 1. The van der Waals surface area contributed by atoms with Gasteiger partial charge in [-0.05, 0) is 56.3 Å². The third-order valence-electron chi connectivity index (χ3n) is 5.87. The first kappa shape index (κ1) is 16.7. The monoisotopic (exact) mass is 313 g/mol. The highest BCUT2D eigenvalue weighted by molar-refractivity contribution is 5.03. The second-order valence-electron chi connectivity index (χ2n) is 7.81. The van der Waals surface area contributed by atoms with Crippen molar-refractivity contribution in [1.82, 2.24) is 4.90 Å². The molecule has 128 valence electrons. The van der Waals surface area contributed by atoms with Crippen LogP contribution in [0.1, 0.15) is 38.5 Å². The van der Waals surface area contributed by atoms with Gasteiger partial charge in [-0.1, -0.05) is 0 Å². The van der Waals surface area contributed by atoms with Crippen LogP contribution in [-0.2, 0) is 4.74 Å². The predicted molar refractivity (Wildman–Crippen MR) is 83.5 cm³/mol. The Morgan fingerprint density at radius 3 is 1.91 bits per heavy atom. The molecule has 0 aromatic carbocycles. The summed E-state index contributed by atoms with van der Waals surface area (Å²) in [5.41, 5.74) is 0.0362. The summed E-state index contributed by atoms with van der Waals surface area (Å²) < 4.78 is 6.26. The van der Waals surface area contributed by atoms with Crippen LogP contribution in [-0.4, -0.2) is 71.4 Å². The molecule has 22 heavy (non-hydrogen) atoms. The van der Waals surface area contributed by atoms with Gasteiger partial charge < -0.3 is 20.1 Å². The van der Waals surface area contributed by atoms with Crippen LogP contribution < -0.4 is 0 Å². The van der Waals surface area contributed by atoms with E-state index >= 15 is 0 Å². The second-order valence-corrected chi connectivity index (χ2v) is 7.81. The Morgan fingerprint density at radius 1 is 0.955 bits per heavy atom. The highest BCUT2D eigenvalue weighted by Gasteiger charge is 2.51. The molecule has 5 heteroatoms. The summed E-state index contributed by atoms with van der Waals surface area (Å²) >= 11 is 0. The largest absolute Gasteiger partial charge is 0.395 e. The first-order valence-electron chi connectivity index (χ1n) is 8.88. The molecule has 4 fully saturated rings. The maximum absolute atomic E-state index is 10.2. The molecule has 5 nitrogen and oxygen atoms in total. The Labute approximate surface area is 133 Å². The van der Waals surface area contributed by atoms with Gasteiger partial charge >= 0.3 is 0 Å². The molecule has 4 bridgehead atoms. The fourth-order valence-corrected chi connectivity index (χ4v) is 5.41. The fraction of sp³-hybridized carbons (Fsp3) is 1.00. The maximum Gasteiger partial charge on any atom is 0.0900 e. The van der Waals surface area contributed by atoms with Crippen LogP contribution in [0.2, 0.25) is 0 Å². The van der Waals surface area contributed by atoms with E-state index in [0.717, 1.165) is 17.8 Å². The first-order chi connectivity index (χ1) is 10.6. The fourth-order valence-electron chi connectivity index (χ4n) is 5.41. The Bertz CT molecular complexity index is 321. The molecule has 3 N–H and O–H groups in total. The first-order valence-corrected chi connectivity index (χ1v) is 8.88. The molecule has 4 saturated carbocycles. The lowest BCUT2D eigenvalue weighted by Gasteiger charge is -2.56. The Balaban J connectivity index is 1.47. The minimum atomic E-state index is -0.550. The molecule has 1 atom stereocenters. The van der Waals surface area contributed by atoms with Gasteiger partial charge in [-0.2, -0.15) is 0 Å². The molecule has 0 aromatic heterocycles. The van der Waals surface area contributed by atoms with Gasteiger partial charge in [0, 0.05) is 19.6 Å². The SMILES string of the molecule is OCCN(CCO)C[C@H](O)COC12CC3CC(CC(C3)C1)C2. The maximum atomic E-state index is 10.2. The van der Waals surface area contributed by atoms with Gasteiger partial charge in [-0.25, -0.2) is 0 Å². The van der Waals surface area contributed by atoms with E-state index in [1.807, 2.05) is 4.90 Å². The highest BCUT2D eigenvalue weighted by atomic mass is 16.5. The Kier molecular flexibility index (Phi) is 5.40. The third kappa shape index (κ3) is 3.82. The van der Waals surface area contributed by atoms with E-state index in [0.29, 0.717) is 26.2 Å². The average molecular weight is 313 g/mol. The summed E-state index contributed by atoms with van der Waals surface area (Å²) in [6.07, 6.45) is 7.18. The van der Waals surface area contributed by atoms with Gasteiger partial charge in [-0.15, -0.1) is 0 Å². The van der Waals surface area contributed by atoms with Crippen LogP contribution in [0.15, 0.2) is 0 Å². The number of nitrogens with zero attached hydrogens (tertiary/aromatic N) is 1. The topological polar surface area (TPSA) is 73.2 Å². The number of aliphatic hydroxyl groups excluding tert-OH is 3. The standard InChI is InChI=1S/C17H31NO4/c19-3-1-18(2-4-20)11-16(21)12-22-17-8-13-5-14(9-17)7-15(6-13)10-17/h13-16,19-21H,1-12H2/t13?,14?,15?,16-,17?/m0/s1. The van der Waals surface area contributed by atoms with Crippen molar-refractivity contribution in [2.75, 3.05) is 39.5 Å². The van der Waals surface area contributed by atoms with Gasteiger partial charge in [0.2, 0.25) is 0 Å². The predicted octanol–water partition coefficient (Wildman–Crippen LogP) is 0.619. The van der Waals surface area contributed by atoms with Gasteiger partial charge in [0.05, 0.1) is 31.5 Å². The molecule has 0 aliphatic heterocycles. The van der Waals surface area contributed by atoms with Crippen molar-refractivity contribution in [1.29, 1.82) is 0 Å². The smallest absolute Gasteiger partial charge is 0.0900 e. The van der Waals surface area contributed by atoms with E-state index < -0.39 is 6.10 Å². The third-order valence-corrected chi connectivity index (χ3v) is 5.87. The summed E-state index contributed by atoms with van der Waals surface area (Å²) in [4.78, 5) is 1.88. The molecular formula is C17H31NO4.